The lowest BCUT2D eigenvalue weighted by Gasteiger charge is -2.21. The molecule has 164 valence electrons. The van der Waals surface area contributed by atoms with E-state index in [1.807, 2.05) is 42.5 Å². The Morgan fingerprint density at radius 3 is 2.41 bits per heavy atom. The van der Waals surface area contributed by atoms with E-state index in [1.54, 1.807) is 45.3 Å². The molecule has 0 spiro atoms. The highest BCUT2D eigenvalue weighted by Gasteiger charge is 2.44. The molecule has 0 bridgehead atoms. The molecule has 7 nitrogen and oxygen atoms in total. The number of para-hydroxylation sites is 1. The van der Waals surface area contributed by atoms with Crippen LogP contribution >= 0.6 is 0 Å². The van der Waals surface area contributed by atoms with Gasteiger partial charge in [0, 0.05) is 19.3 Å². The van der Waals surface area contributed by atoms with Gasteiger partial charge in [-0.25, -0.2) is 4.79 Å². The normalized spacial score (nSPS) is 16.0. The van der Waals surface area contributed by atoms with Crippen molar-refractivity contribution >= 4 is 34.3 Å². The molecule has 1 aliphatic heterocycles. The van der Waals surface area contributed by atoms with Gasteiger partial charge in [-0.2, -0.15) is 0 Å². The fourth-order valence-corrected chi connectivity index (χ4v) is 3.91. The number of methoxy groups -OCH3 is 1. The second-order valence-corrected chi connectivity index (χ2v) is 7.89. The van der Waals surface area contributed by atoms with Gasteiger partial charge in [0.05, 0.1) is 7.11 Å². The Morgan fingerprint density at radius 2 is 1.69 bits per heavy atom. The lowest BCUT2D eigenvalue weighted by atomic mass is 10.1. The summed E-state index contributed by atoms with van der Waals surface area (Å²) in [7, 11) is 3.30. The summed E-state index contributed by atoms with van der Waals surface area (Å²) in [6, 6.07) is 19.7. The summed E-state index contributed by atoms with van der Waals surface area (Å²) in [6.45, 7) is 1.76. The summed E-state index contributed by atoms with van der Waals surface area (Å²) in [5.74, 6) is 0.111. The molecule has 7 heteroatoms. The summed E-state index contributed by atoms with van der Waals surface area (Å²) in [6.07, 6.45) is 0. The monoisotopic (exact) mass is 431 g/mol. The number of ether oxygens (including phenoxy) is 1. The van der Waals surface area contributed by atoms with Gasteiger partial charge in [-0.05, 0) is 53.6 Å². The zero-order chi connectivity index (χ0) is 22.8. The van der Waals surface area contributed by atoms with Crippen molar-refractivity contribution in [2.75, 3.05) is 25.6 Å². The number of likely N-dealkylation sites (N-methyl/N-ethyl adjacent to an activating group) is 1. The number of nitrogens with zero attached hydrogens (tertiary/aromatic N) is 3. The van der Waals surface area contributed by atoms with E-state index in [0.717, 1.165) is 27.0 Å². The number of hydrogen-bond donors (Lipinski definition) is 0. The van der Waals surface area contributed by atoms with Crippen LogP contribution in [0.25, 0.3) is 10.8 Å². The molecule has 1 heterocycles. The molecule has 0 radical (unpaired) electrons. The minimum atomic E-state index is -0.652. The molecule has 1 aliphatic rings. The minimum absolute atomic E-state index is 0.285. The van der Waals surface area contributed by atoms with Gasteiger partial charge in [0.1, 0.15) is 18.3 Å². The quantitative estimate of drug-likeness (QED) is 0.559. The van der Waals surface area contributed by atoms with Crippen LogP contribution in [0.5, 0.6) is 5.75 Å². The molecule has 0 aromatic heterocycles. The maximum Gasteiger partial charge on any atom is 0.332 e. The number of benzene rings is 3. The number of carbonyl (C=O) groups is 3. The Kier molecular flexibility index (Phi) is 5.81. The van der Waals surface area contributed by atoms with E-state index in [9.17, 15) is 14.4 Å². The van der Waals surface area contributed by atoms with Crippen LogP contribution in [0.2, 0.25) is 0 Å². The number of hydrogen-bond acceptors (Lipinski definition) is 4. The minimum Gasteiger partial charge on any atom is -0.497 e. The first-order valence-corrected chi connectivity index (χ1v) is 10.4. The highest BCUT2D eigenvalue weighted by atomic mass is 16.5. The van der Waals surface area contributed by atoms with Crippen LogP contribution in [0.1, 0.15) is 12.5 Å². The zero-order valence-corrected chi connectivity index (χ0v) is 18.3. The Hall–Kier alpha value is -3.87. The largest absolute Gasteiger partial charge is 0.497 e. The van der Waals surface area contributed by atoms with Crippen molar-refractivity contribution in [3.63, 3.8) is 0 Å². The SMILES string of the molecule is COc1ccc2cc(CN(C)C(=O)CN3C(=O)[C@@H](C)N(c4ccccc4)C3=O)ccc2c1. The van der Waals surface area contributed by atoms with Crippen molar-refractivity contribution in [1.82, 2.24) is 9.80 Å². The predicted molar refractivity (Wildman–Crippen MR) is 122 cm³/mol. The smallest absolute Gasteiger partial charge is 0.332 e. The average molecular weight is 431 g/mol. The van der Waals surface area contributed by atoms with Crippen LogP contribution in [0, 0.1) is 0 Å². The third-order valence-electron chi connectivity index (χ3n) is 5.73. The first kappa shape index (κ1) is 21.4. The molecule has 1 fully saturated rings. The number of amides is 4. The molecule has 32 heavy (non-hydrogen) atoms. The molecule has 3 aromatic rings. The highest BCUT2D eigenvalue weighted by molar-refractivity contribution is 6.15. The van der Waals surface area contributed by atoms with E-state index >= 15 is 0 Å². The summed E-state index contributed by atoms with van der Waals surface area (Å²) >= 11 is 0. The van der Waals surface area contributed by atoms with Crippen molar-refractivity contribution < 1.29 is 19.1 Å². The number of carbonyl (C=O) groups excluding carboxylic acids is 3. The second kappa shape index (κ2) is 8.70. The number of rotatable bonds is 6. The zero-order valence-electron chi connectivity index (χ0n) is 18.3. The molecule has 4 rings (SSSR count). The topological polar surface area (TPSA) is 70.2 Å². The van der Waals surface area contributed by atoms with Gasteiger partial charge in [-0.1, -0.05) is 36.4 Å². The molecule has 0 unspecified atom stereocenters. The average Bonchev–Trinajstić information content (AvgIpc) is 3.02. The van der Waals surface area contributed by atoms with Crippen molar-refractivity contribution in [1.29, 1.82) is 0 Å². The predicted octanol–water partition coefficient (Wildman–Crippen LogP) is 3.66. The molecule has 1 atom stereocenters. The third kappa shape index (κ3) is 4.01. The number of urea groups is 1. The van der Waals surface area contributed by atoms with Crippen LogP contribution in [-0.2, 0) is 16.1 Å². The first-order valence-electron chi connectivity index (χ1n) is 10.4. The van der Waals surface area contributed by atoms with Crippen LogP contribution in [-0.4, -0.2) is 54.4 Å². The number of imide groups is 1. The second-order valence-electron chi connectivity index (χ2n) is 7.89. The molecule has 4 amide bonds. The van der Waals surface area contributed by atoms with E-state index in [1.165, 1.54) is 9.80 Å². The Bertz CT molecular complexity index is 1180. The third-order valence-corrected chi connectivity index (χ3v) is 5.73. The Morgan fingerprint density at radius 1 is 1.00 bits per heavy atom. The maximum atomic E-state index is 12.9. The number of anilines is 1. The van der Waals surface area contributed by atoms with Gasteiger partial charge in [0.2, 0.25) is 5.91 Å². The first-order chi connectivity index (χ1) is 15.4. The van der Waals surface area contributed by atoms with Crippen LogP contribution in [0.4, 0.5) is 10.5 Å². The van der Waals surface area contributed by atoms with Gasteiger partial charge >= 0.3 is 6.03 Å². The van der Waals surface area contributed by atoms with E-state index in [-0.39, 0.29) is 18.4 Å². The lowest BCUT2D eigenvalue weighted by Crippen LogP contribution is -2.42. The standard InChI is InChI=1S/C25H25N3O4/c1-17-24(30)27(25(31)28(17)21-7-5-4-6-8-21)16-23(29)26(2)15-18-9-10-20-14-22(32-3)12-11-19(20)13-18/h4-14,17H,15-16H2,1-3H3/t17-/m1/s1. The van der Waals surface area contributed by atoms with Crippen LogP contribution in [0.15, 0.2) is 66.7 Å². The Labute approximate surface area is 186 Å². The van der Waals surface area contributed by atoms with Crippen LogP contribution < -0.4 is 9.64 Å². The lowest BCUT2D eigenvalue weighted by molar-refractivity contribution is -0.136. The van der Waals surface area contributed by atoms with Crippen molar-refractivity contribution in [2.24, 2.45) is 0 Å². The maximum absolute atomic E-state index is 12.9. The van der Waals surface area contributed by atoms with Gasteiger partial charge in [0.25, 0.3) is 5.91 Å². The summed E-state index contributed by atoms with van der Waals surface area (Å²) in [5.41, 5.74) is 1.59. The van der Waals surface area contributed by atoms with Gasteiger partial charge < -0.3 is 9.64 Å². The molecule has 1 saturated heterocycles. The fraction of sp³-hybridized carbons (Fsp3) is 0.240. The van der Waals surface area contributed by atoms with E-state index in [0.29, 0.717) is 12.2 Å². The van der Waals surface area contributed by atoms with Gasteiger partial charge in [-0.15, -0.1) is 0 Å². The van der Waals surface area contributed by atoms with Gasteiger partial charge in [0.15, 0.2) is 0 Å². The van der Waals surface area contributed by atoms with E-state index in [4.69, 9.17) is 4.74 Å². The molecular weight excluding hydrogens is 406 g/mol. The molecular formula is C25H25N3O4. The summed E-state index contributed by atoms with van der Waals surface area (Å²) in [5, 5.41) is 2.09. The molecule has 0 saturated carbocycles. The van der Waals surface area contributed by atoms with Crippen LogP contribution in [0.3, 0.4) is 0 Å². The number of fused-ring (bicyclic) bond motifs is 1. The van der Waals surface area contributed by atoms with Crippen molar-refractivity contribution in [3.05, 3.63) is 72.3 Å². The van der Waals surface area contributed by atoms with E-state index in [2.05, 4.69) is 0 Å². The van der Waals surface area contributed by atoms with Crippen molar-refractivity contribution in [2.45, 2.75) is 19.5 Å². The van der Waals surface area contributed by atoms with Crippen molar-refractivity contribution in [3.8, 4) is 5.75 Å². The summed E-state index contributed by atoms with van der Waals surface area (Å²) in [4.78, 5) is 42.4. The molecule has 0 N–H and O–H groups in total. The fourth-order valence-electron chi connectivity index (χ4n) is 3.91. The summed E-state index contributed by atoms with van der Waals surface area (Å²) < 4.78 is 5.26. The molecule has 3 aromatic carbocycles. The Balaban J connectivity index is 1.45. The van der Waals surface area contributed by atoms with E-state index < -0.39 is 12.1 Å². The van der Waals surface area contributed by atoms with Gasteiger partial charge in [-0.3, -0.25) is 19.4 Å². The molecule has 0 aliphatic carbocycles. The highest BCUT2D eigenvalue weighted by Crippen LogP contribution is 2.26.